The maximum atomic E-state index is 10.6. The molecular weight excluding hydrogens is 392 g/mol. The standard InChI is InChI=1S/2C15H26O/c2*1-10-5-6-11-13(2,3)12-9-15(10,11)8-7-14(12,4)16/h2*10-12,16H,5-9H2,1-4H3/t2*10-,11+,12-,14-,15+/m11/s1. The first-order valence-corrected chi connectivity index (χ1v) is 14.1. The van der Waals surface area contributed by atoms with Crippen molar-refractivity contribution in [3.63, 3.8) is 0 Å². The predicted octanol–water partition coefficient (Wildman–Crippen LogP) is 7.22. The van der Waals surface area contributed by atoms with Crippen molar-refractivity contribution in [3.8, 4) is 0 Å². The Morgan fingerprint density at radius 1 is 0.500 bits per heavy atom. The monoisotopic (exact) mass is 444 g/mol. The number of fused-ring (bicyclic) bond motifs is 2. The normalized spacial score (nSPS) is 58.7. The summed E-state index contributed by atoms with van der Waals surface area (Å²) < 4.78 is 0. The van der Waals surface area contributed by atoms with Gasteiger partial charge in [-0.2, -0.15) is 0 Å². The van der Waals surface area contributed by atoms with Gasteiger partial charge in [-0.25, -0.2) is 0 Å². The summed E-state index contributed by atoms with van der Waals surface area (Å²) in [4.78, 5) is 0. The molecule has 0 radical (unpaired) electrons. The first-order valence-electron chi connectivity index (χ1n) is 14.1. The zero-order valence-electron chi connectivity index (χ0n) is 22.4. The van der Waals surface area contributed by atoms with Gasteiger partial charge in [0.15, 0.2) is 0 Å². The molecule has 0 aromatic rings. The van der Waals surface area contributed by atoms with E-state index in [1.54, 1.807) is 0 Å². The maximum absolute atomic E-state index is 10.6. The van der Waals surface area contributed by atoms with Crippen molar-refractivity contribution in [2.24, 2.45) is 57.2 Å². The molecule has 0 unspecified atom stereocenters. The van der Waals surface area contributed by atoms with Crippen molar-refractivity contribution < 1.29 is 10.2 Å². The first kappa shape index (κ1) is 23.7. The van der Waals surface area contributed by atoms with Crippen LogP contribution in [0.3, 0.4) is 0 Å². The van der Waals surface area contributed by atoms with E-state index in [1.807, 2.05) is 0 Å². The summed E-state index contributed by atoms with van der Waals surface area (Å²) in [5.74, 6) is 4.57. The van der Waals surface area contributed by atoms with Crippen LogP contribution < -0.4 is 0 Å². The fourth-order valence-electron chi connectivity index (χ4n) is 11.8. The molecule has 2 spiro atoms. The molecule has 0 aromatic carbocycles. The second-order valence-corrected chi connectivity index (χ2v) is 15.4. The van der Waals surface area contributed by atoms with Crippen molar-refractivity contribution in [2.75, 3.05) is 0 Å². The van der Waals surface area contributed by atoms with Gasteiger partial charge in [-0.1, -0.05) is 41.5 Å². The van der Waals surface area contributed by atoms with E-state index in [0.717, 1.165) is 36.5 Å². The number of aliphatic hydroxyl groups is 2. The Bertz CT molecular complexity index is 691. The van der Waals surface area contributed by atoms with Gasteiger partial charge in [0.05, 0.1) is 11.2 Å². The zero-order valence-corrected chi connectivity index (χ0v) is 22.4. The second kappa shape index (κ2) is 6.77. The van der Waals surface area contributed by atoms with Crippen molar-refractivity contribution in [1.29, 1.82) is 0 Å². The molecule has 0 saturated heterocycles. The van der Waals surface area contributed by atoms with Gasteiger partial charge in [0, 0.05) is 0 Å². The third kappa shape index (κ3) is 2.84. The lowest BCUT2D eigenvalue weighted by atomic mass is 9.64. The van der Waals surface area contributed by atoms with Crippen LogP contribution in [0.5, 0.6) is 0 Å². The van der Waals surface area contributed by atoms with E-state index in [0.29, 0.717) is 33.5 Å². The average Bonchev–Trinajstić information content (AvgIpc) is 3.30. The van der Waals surface area contributed by atoms with Crippen LogP contribution in [0.4, 0.5) is 0 Å². The van der Waals surface area contributed by atoms with Crippen molar-refractivity contribution >= 4 is 0 Å². The first-order chi connectivity index (χ1) is 14.6. The SMILES string of the molecule is C[C@@H]1CC[C@H]2C(C)(C)[C@H]3C[C@@]12CC[C@@]3(C)O.C[C@@H]1CC[C@H]2C(C)(C)[C@H]3C[C@@]12CC[C@@]3(C)O. The highest BCUT2D eigenvalue weighted by Gasteiger charge is 2.68. The van der Waals surface area contributed by atoms with Gasteiger partial charge in [0.25, 0.3) is 0 Å². The van der Waals surface area contributed by atoms with E-state index in [9.17, 15) is 10.2 Å². The lowest BCUT2D eigenvalue weighted by Crippen LogP contribution is -2.44. The molecule has 0 aliphatic heterocycles. The zero-order chi connectivity index (χ0) is 23.5. The predicted molar refractivity (Wildman–Crippen MR) is 132 cm³/mol. The van der Waals surface area contributed by atoms with Crippen LogP contribution in [0.1, 0.15) is 120 Å². The van der Waals surface area contributed by atoms with Crippen LogP contribution in [0.2, 0.25) is 0 Å². The molecule has 2 heteroatoms. The van der Waals surface area contributed by atoms with Crippen LogP contribution in [0.25, 0.3) is 0 Å². The summed E-state index contributed by atoms with van der Waals surface area (Å²) in [5, 5.41) is 21.3. The molecule has 2 nitrogen and oxygen atoms in total. The van der Waals surface area contributed by atoms with Crippen LogP contribution in [-0.4, -0.2) is 21.4 Å². The summed E-state index contributed by atoms with van der Waals surface area (Å²) in [6, 6.07) is 0. The fourth-order valence-corrected chi connectivity index (χ4v) is 11.8. The summed E-state index contributed by atoms with van der Waals surface area (Å²) in [5.41, 5.74) is 1.08. The van der Waals surface area contributed by atoms with Gasteiger partial charge in [0.1, 0.15) is 0 Å². The molecule has 32 heavy (non-hydrogen) atoms. The van der Waals surface area contributed by atoms with Crippen molar-refractivity contribution in [2.45, 2.75) is 131 Å². The topological polar surface area (TPSA) is 40.5 Å². The Labute approximate surface area is 198 Å². The van der Waals surface area contributed by atoms with Gasteiger partial charge in [-0.15, -0.1) is 0 Å². The van der Waals surface area contributed by atoms with E-state index in [4.69, 9.17) is 0 Å². The summed E-state index contributed by atoms with van der Waals surface area (Å²) in [6.45, 7) is 18.8. The van der Waals surface area contributed by atoms with E-state index in [1.165, 1.54) is 51.4 Å². The Morgan fingerprint density at radius 3 is 1.19 bits per heavy atom. The van der Waals surface area contributed by atoms with Gasteiger partial charge in [0.2, 0.25) is 0 Å². The minimum Gasteiger partial charge on any atom is -0.390 e. The van der Waals surface area contributed by atoms with Gasteiger partial charge < -0.3 is 10.2 Å². The largest absolute Gasteiger partial charge is 0.390 e. The van der Waals surface area contributed by atoms with Crippen LogP contribution >= 0.6 is 0 Å². The quantitative estimate of drug-likeness (QED) is 0.414. The fraction of sp³-hybridized carbons (Fsp3) is 1.00. The molecule has 0 heterocycles. The molecule has 10 atom stereocenters. The molecular formula is C30H52O2. The van der Waals surface area contributed by atoms with E-state index in [-0.39, 0.29) is 0 Å². The minimum absolute atomic E-state index is 0.352. The molecule has 4 bridgehead atoms. The van der Waals surface area contributed by atoms with Gasteiger partial charge >= 0.3 is 0 Å². The molecule has 184 valence electrons. The van der Waals surface area contributed by atoms with Crippen LogP contribution in [-0.2, 0) is 0 Å². The highest BCUT2D eigenvalue weighted by molar-refractivity contribution is 5.18. The third-order valence-electron chi connectivity index (χ3n) is 13.6. The summed E-state index contributed by atoms with van der Waals surface area (Å²) in [6.07, 6.45) is 12.8. The Balaban J connectivity index is 0.000000135. The molecule has 6 saturated carbocycles. The van der Waals surface area contributed by atoms with E-state index >= 15 is 0 Å². The highest BCUT2D eigenvalue weighted by atomic mass is 16.3. The van der Waals surface area contributed by atoms with Gasteiger partial charge in [-0.05, 0) is 135 Å². The lowest BCUT2D eigenvalue weighted by Gasteiger charge is -2.44. The minimum atomic E-state index is -0.404. The Kier molecular flexibility index (Phi) is 5.01. The van der Waals surface area contributed by atoms with Crippen LogP contribution in [0.15, 0.2) is 0 Å². The highest BCUT2D eigenvalue weighted by Crippen LogP contribution is 2.74. The Hall–Kier alpha value is -0.0800. The molecule has 0 amide bonds. The number of rotatable bonds is 0. The molecule has 6 aliphatic rings. The van der Waals surface area contributed by atoms with Gasteiger partial charge in [-0.3, -0.25) is 0 Å². The number of hydrogen-bond acceptors (Lipinski definition) is 2. The Morgan fingerprint density at radius 2 is 0.844 bits per heavy atom. The summed E-state index contributed by atoms with van der Waals surface area (Å²) >= 11 is 0. The third-order valence-corrected chi connectivity index (χ3v) is 13.6. The average molecular weight is 445 g/mol. The number of hydrogen-bond donors (Lipinski definition) is 2. The summed E-state index contributed by atoms with van der Waals surface area (Å²) in [7, 11) is 0. The molecule has 6 aliphatic carbocycles. The smallest absolute Gasteiger partial charge is 0.0653 e. The maximum Gasteiger partial charge on any atom is 0.0653 e. The van der Waals surface area contributed by atoms with Crippen molar-refractivity contribution in [1.82, 2.24) is 0 Å². The van der Waals surface area contributed by atoms with Crippen molar-refractivity contribution in [3.05, 3.63) is 0 Å². The lowest BCUT2D eigenvalue weighted by molar-refractivity contribution is -0.0720. The second-order valence-electron chi connectivity index (χ2n) is 15.4. The molecule has 2 N–H and O–H groups in total. The molecule has 0 aromatic heterocycles. The van der Waals surface area contributed by atoms with Crippen LogP contribution in [0, 0.1) is 57.2 Å². The molecule has 6 rings (SSSR count). The van der Waals surface area contributed by atoms with E-state index < -0.39 is 11.2 Å². The molecule has 6 fully saturated rings. The van der Waals surface area contributed by atoms with E-state index in [2.05, 4.69) is 55.4 Å².